The van der Waals surface area contributed by atoms with Crippen LogP contribution >= 0.6 is 11.6 Å². The lowest BCUT2D eigenvalue weighted by Gasteiger charge is -2.14. The molecule has 3 nitrogen and oxygen atoms in total. The third-order valence-electron chi connectivity index (χ3n) is 3.07. The number of hydrogen-bond acceptors (Lipinski definition) is 3. The van der Waals surface area contributed by atoms with Crippen molar-refractivity contribution in [3.8, 4) is 5.75 Å². The molecule has 0 heterocycles. The minimum atomic E-state index is 0.556. The zero-order valence-corrected chi connectivity index (χ0v) is 11.5. The molecule has 0 spiro atoms. The van der Waals surface area contributed by atoms with Gasteiger partial charge in [0.25, 0.3) is 0 Å². The van der Waals surface area contributed by atoms with E-state index in [2.05, 4.69) is 6.07 Å². The average Bonchev–Trinajstić information content (AvgIpc) is 3.13. The fourth-order valence-electron chi connectivity index (χ4n) is 1.95. The predicted octanol–water partition coefficient (Wildman–Crippen LogP) is 2.78. The zero-order chi connectivity index (χ0) is 13.0. The van der Waals surface area contributed by atoms with Crippen LogP contribution in [0.5, 0.6) is 5.75 Å². The molecule has 2 rings (SSSR count). The Morgan fingerprint density at radius 2 is 2.17 bits per heavy atom. The largest absolute Gasteiger partial charge is 0.491 e. The van der Waals surface area contributed by atoms with E-state index < -0.39 is 0 Å². The van der Waals surface area contributed by atoms with E-state index in [0.29, 0.717) is 24.1 Å². The number of hydrogen-bond donors (Lipinski definition) is 1. The molecule has 0 saturated heterocycles. The Morgan fingerprint density at radius 1 is 1.39 bits per heavy atom. The maximum atomic E-state index is 6.29. The van der Waals surface area contributed by atoms with Crippen LogP contribution in [0.3, 0.4) is 0 Å². The van der Waals surface area contributed by atoms with Crippen molar-refractivity contribution in [2.24, 2.45) is 11.7 Å². The number of rotatable bonds is 7. The van der Waals surface area contributed by atoms with Crippen molar-refractivity contribution < 1.29 is 9.47 Å². The second-order valence-corrected chi connectivity index (χ2v) is 5.20. The van der Waals surface area contributed by atoms with Gasteiger partial charge in [-0.2, -0.15) is 0 Å². The van der Waals surface area contributed by atoms with Gasteiger partial charge in [0.2, 0.25) is 0 Å². The lowest BCUT2D eigenvalue weighted by atomic mass is 10.1. The maximum Gasteiger partial charge on any atom is 0.141 e. The van der Waals surface area contributed by atoms with Gasteiger partial charge in [-0.15, -0.1) is 0 Å². The molecule has 0 amide bonds. The summed E-state index contributed by atoms with van der Waals surface area (Å²) in [5.74, 6) is 1.51. The summed E-state index contributed by atoms with van der Waals surface area (Å²) in [5.41, 5.74) is 7.78. The molecule has 1 saturated carbocycles. The van der Waals surface area contributed by atoms with E-state index in [0.717, 1.165) is 29.9 Å². The highest BCUT2D eigenvalue weighted by molar-refractivity contribution is 6.32. The normalized spacial score (nSPS) is 14.8. The predicted molar refractivity (Wildman–Crippen MR) is 73.1 cm³/mol. The molecule has 0 aliphatic heterocycles. The molecule has 1 aromatic rings. The number of ether oxygens (including phenoxy) is 2. The molecule has 0 unspecified atom stereocenters. The van der Waals surface area contributed by atoms with Gasteiger partial charge in [0.15, 0.2) is 0 Å². The molecule has 0 radical (unpaired) electrons. The van der Waals surface area contributed by atoms with E-state index in [9.17, 15) is 0 Å². The highest BCUT2D eigenvalue weighted by atomic mass is 35.5. The first-order valence-electron chi connectivity index (χ1n) is 6.37. The third-order valence-corrected chi connectivity index (χ3v) is 3.35. The van der Waals surface area contributed by atoms with Crippen LogP contribution in [0, 0.1) is 5.92 Å². The summed E-state index contributed by atoms with van der Waals surface area (Å²) in [6, 6.07) is 3.98. The third kappa shape index (κ3) is 3.61. The number of benzene rings is 1. The Hall–Kier alpha value is -0.770. The van der Waals surface area contributed by atoms with Crippen LogP contribution in [-0.2, 0) is 17.8 Å². The molecule has 2 N–H and O–H groups in total. The van der Waals surface area contributed by atoms with Crippen molar-refractivity contribution in [2.75, 3.05) is 20.3 Å². The fraction of sp³-hybridized carbons (Fsp3) is 0.571. The number of methoxy groups -OCH3 is 1. The maximum absolute atomic E-state index is 6.29. The fourth-order valence-corrected chi connectivity index (χ4v) is 2.27. The van der Waals surface area contributed by atoms with E-state index >= 15 is 0 Å². The molecular formula is C14H20ClNO2. The monoisotopic (exact) mass is 269 g/mol. The van der Waals surface area contributed by atoms with E-state index in [1.165, 1.54) is 12.8 Å². The summed E-state index contributed by atoms with van der Waals surface area (Å²) in [6.45, 7) is 1.91. The Morgan fingerprint density at radius 3 is 2.78 bits per heavy atom. The highest BCUT2D eigenvalue weighted by Gasteiger charge is 2.23. The Kier molecular flexibility index (Phi) is 4.87. The summed E-state index contributed by atoms with van der Waals surface area (Å²) < 4.78 is 11.0. The first kappa shape index (κ1) is 13.7. The lowest BCUT2D eigenvalue weighted by Crippen LogP contribution is -2.08. The van der Waals surface area contributed by atoms with Crippen molar-refractivity contribution in [1.29, 1.82) is 0 Å². The van der Waals surface area contributed by atoms with E-state index in [4.69, 9.17) is 26.8 Å². The van der Waals surface area contributed by atoms with Crippen LogP contribution in [0.25, 0.3) is 0 Å². The van der Waals surface area contributed by atoms with Crippen LogP contribution in [0.15, 0.2) is 12.1 Å². The summed E-state index contributed by atoms with van der Waals surface area (Å²) >= 11 is 6.29. The van der Waals surface area contributed by atoms with Crippen LogP contribution in [-0.4, -0.2) is 20.3 Å². The molecule has 0 atom stereocenters. The summed E-state index contributed by atoms with van der Waals surface area (Å²) in [6.07, 6.45) is 3.31. The molecule has 1 fully saturated rings. The second kappa shape index (κ2) is 6.41. The summed E-state index contributed by atoms with van der Waals surface area (Å²) in [5, 5.41) is 0.661. The van der Waals surface area contributed by atoms with Crippen molar-refractivity contribution in [3.63, 3.8) is 0 Å². The number of nitrogens with two attached hydrogens (primary N) is 1. The average molecular weight is 270 g/mol. The molecule has 4 heteroatoms. The topological polar surface area (TPSA) is 44.5 Å². The molecule has 0 aromatic heterocycles. The van der Waals surface area contributed by atoms with Gasteiger partial charge in [-0.25, -0.2) is 0 Å². The van der Waals surface area contributed by atoms with E-state index in [1.54, 1.807) is 7.11 Å². The summed E-state index contributed by atoms with van der Waals surface area (Å²) in [4.78, 5) is 0. The minimum absolute atomic E-state index is 0.556. The van der Waals surface area contributed by atoms with Gasteiger partial charge in [0.1, 0.15) is 5.75 Å². The molecule has 1 aliphatic rings. The molecular weight excluding hydrogens is 250 g/mol. The highest BCUT2D eigenvalue weighted by Crippen LogP contribution is 2.34. The van der Waals surface area contributed by atoms with Gasteiger partial charge in [-0.1, -0.05) is 11.6 Å². The van der Waals surface area contributed by atoms with Crippen molar-refractivity contribution in [3.05, 3.63) is 28.3 Å². The van der Waals surface area contributed by atoms with Gasteiger partial charge >= 0.3 is 0 Å². The summed E-state index contributed by atoms with van der Waals surface area (Å²) in [7, 11) is 1.67. The lowest BCUT2D eigenvalue weighted by molar-refractivity contribution is 0.184. The van der Waals surface area contributed by atoms with Crippen molar-refractivity contribution in [2.45, 2.75) is 25.9 Å². The van der Waals surface area contributed by atoms with Gasteiger partial charge < -0.3 is 15.2 Å². The smallest absolute Gasteiger partial charge is 0.141 e. The molecule has 0 bridgehead atoms. The van der Waals surface area contributed by atoms with Crippen molar-refractivity contribution >= 4 is 11.6 Å². The second-order valence-electron chi connectivity index (χ2n) is 4.79. The Balaban J connectivity index is 2.17. The Bertz CT molecular complexity index is 405. The zero-order valence-electron chi connectivity index (χ0n) is 10.7. The van der Waals surface area contributed by atoms with E-state index in [1.807, 2.05) is 6.07 Å². The van der Waals surface area contributed by atoms with Gasteiger partial charge in [-0.05, 0) is 55.0 Å². The van der Waals surface area contributed by atoms with Gasteiger partial charge in [0.05, 0.1) is 18.2 Å². The number of halogens is 1. The van der Waals surface area contributed by atoms with Crippen molar-refractivity contribution in [1.82, 2.24) is 0 Å². The molecule has 100 valence electrons. The van der Waals surface area contributed by atoms with Crippen LogP contribution in [0.1, 0.15) is 24.0 Å². The SMILES string of the molecule is COCc1cc(Cl)c(OCC2CC2)c(CCN)c1. The molecule has 1 aliphatic carbocycles. The van der Waals surface area contributed by atoms with E-state index in [-0.39, 0.29) is 0 Å². The van der Waals surface area contributed by atoms with Crippen LogP contribution in [0.4, 0.5) is 0 Å². The minimum Gasteiger partial charge on any atom is -0.491 e. The van der Waals surface area contributed by atoms with Crippen LogP contribution < -0.4 is 10.5 Å². The first-order valence-corrected chi connectivity index (χ1v) is 6.75. The Labute approximate surface area is 113 Å². The van der Waals surface area contributed by atoms with Gasteiger partial charge in [-0.3, -0.25) is 0 Å². The quantitative estimate of drug-likeness (QED) is 0.828. The molecule has 1 aromatic carbocycles. The van der Waals surface area contributed by atoms with Crippen LogP contribution in [0.2, 0.25) is 5.02 Å². The van der Waals surface area contributed by atoms with Gasteiger partial charge in [0, 0.05) is 7.11 Å². The first-order chi connectivity index (χ1) is 8.74. The molecule has 18 heavy (non-hydrogen) atoms. The standard InChI is InChI=1S/C14H20ClNO2/c1-17-8-11-6-12(4-5-16)14(13(15)7-11)18-9-10-2-3-10/h6-7,10H,2-5,8-9,16H2,1H3.